The van der Waals surface area contributed by atoms with Crippen LogP contribution in [0.5, 0.6) is 5.75 Å². The Morgan fingerprint density at radius 3 is 2.30 bits per heavy atom. The van der Waals surface area contributed by atoms with Crippen LogP contribution in [-0.4, -0.2) is 18.6 Å². The Bertz CT molecular complexity index is 701. The van der Waals surface area contributed by atoms with Crippen molar-refractivity contribution in [2.75, 3.05) is 0 Å². The van der Waals surface area contributed by atoms with Gasteiger partial charge in [-0.1, -0.05) is 18.2 Å². The number of ether oxygens (including phenoxy) is 1. The van der Waals surface area contributed by atoms with E-state index in [0.29, 0.717) is 24.2 Å². The van der Waals surface area contributed by atoms with Gasteiger partial charge in [0, 0.05) is 5.56 Å². The number of alkyl halides is 3. The van der Waals surface area contributed by atoms with Gasteiger partial charge in [-0.15, -0.1) is 0 Å². The average Bonchev–Trinajstić information content (AvgIpc) is 2.54. The van der Waals surface area contributed by atoms with Crippen molar-refractivity contribution in [1.29, 1.82) is 0 Å². The van der Waals surface area contributed by atoms with Crippen molar-refractivity contribution in [2.45, 2.75) is 38.0 Å². The second-order valence-corrected chi connectivity index (χ2v) is 6.02. The van der Waals surface area contributed by atoms with E-state index in [2.05, 4.69) is 0 Å². The number of hydrogen-bond donors (Lipinski definition) is 0. The minimum atomic E-state index is -4.10. The molecule has 2 aromatic rings. The first-order chi connectivity index (χ1) is 11.0. The summed E-state index contributed by atoms with van der Waals surface area (Å²) in [5, 5.41) is 1.87. The predicted octanol–water partition coefficient (Wildman–Crippen LogP) is 5.15. The molecule has 122 valence electrons. The van der Waals surface area contributed by atoms with Gasteiger partial charge >= 0.3 is 6.18 Å². The maximum Gasteiger partial charge on any atom is 0.391 e. The van der Waals surface area contributed by atoms with Crippen LogP contribution < -0.4 is 4.74 Å². The Kier molecular flexibility index (Phi) is 4.28. The molecule has 0 amide bonds. The quantitative estimate of drug-likeness (QED) is 0.730. The van der Waals surface area contributed by atoms with Crippen LogP contribution >= 0.6 is 0 Å². The molecule has 3 rings (SSSR count). The summed E-state index contributed by atoms with van der Waals surface area (Å²) in [7, 11) is 0. The summed E-state index contributed by atoms with van der Waals surface area (Å²) in [5.41, 5.74) is 0.584. The Balaban J connectivity index is 1.69. The van der Waals surface area contributed by atoms with Gasteiger partial charge in [-0.3, -0.25) is 4.79 Å². The molecule has 0 aliphatic heterocycles. The Labute approximate surface area is 132 Å². The van der Waals surface area contributed by atoms with Gasteiger partial charge in [0.05, 0.1) is 12.0 Å². The third-order valence-electron chi connectivity index (χ3n) is 4.41. The zero-order valence-electron chi connectivity index (χ0n) is 12.5. The van der Waals surface area contributed by atoms with Crippen molar-refractivity contribution in [3.63, 3.8) is 0 Å². The number of rotatable bonds is 3. The van der Waals surface area contributed by atoms with E-state index < -0.39 is 12.1 Å². The molecule has 0 unspecified atom stereocenters. The Morgan fingerprint density at radius 1 is 0.957 bits per heavy atom. The first kappa shape index (κ1) is 15.8. The van der Waals surface area contributed by atoms with E-state index in [1.165, 1.54) is 0 Å². The number of aldehydes is 1. The fraction of sp³-hybridized carbons (Fsp3) is 0.389. The second-order valence-electron chi connectivity index (χ2n) is 6.02. The van der Waals surface area contributed by atoms with Gasteiger partial charge in [0.25, 0.3) is 0 Å². The van der Waals surface area contributed by atoms with E-state index in [1.54, 1.807) is 12.1 Å². The van der Waals surface area contributed by atoms with Gasteiger partial charge in [0.15, 0.2) is 0 Å². The number of fused-ring (bicyclic) bond motifs is 1. The highest BCUT2D eigenvalue weighted by atomic mass is 19.4. The SMILES string of the molecule is O=Cc1ccc2ccc(O[C@H]3CC[C@@H](C(F)(F)F)CC3)cc2c1. The van der Waals surface area contributed by atoms with E-state index >= 15 is 0 Å². The van der Waals surface area contributed by atoms with Crippen LogP contribution in [0.4, 0.5) is 13.2 Å². The highest BCUT2D eigenvalue weighted by Gasteiger charge is 2.41. The lowest BCUT2D eigenvalue weighted by molar-refractivity contribution is -0.185. The normalized spacial score (nSPS) is 22.0. The summed E-state index contributed by atoms with van der Waals surface area (Å²) >= 11 is 0. The minimum Gasteiger partial charge on any atom is -0.490 e. The van der Waals surface area contributed by atoms with Crippen LogP contribution in [0.25, 0.3) is 10.8 Å². The van der Waals surface area contributed by atoms with Crippen molar-refractivity contribution in [1.82, 2.24) is 0 Å². The van der Waals surface area contributed by atoms with Crippen LogP contribution in [0, 0.1) is 5.92 Å². The van der Waals surface area contributed by atoms with Crippen LogP contribution in [-0.2, 0) is 0 Å². The molecule has 0 saturated heterocycles. The lowest BCUT2D eigenvalue weighted by Crippen LogP contribution is -2.31. The molecule has 1 saturated carbocycles. The van der Waals surface area contributed by atoms with Crippen molar-refractivity contribution >= 4 is 17.1 Å². The monoisotopic (exact) mass is 322 g/mol. The van der Waals surface area contributed by atoms with E-state index in [9.17, 15) is 18.0 Å². The lowest BCUT2D eigenvalue weighted by Gasteiger charge is -2.30. The van der Waals surface area contributed by atoms with E-state index in [-0.39, 0.29) is 18.9 Å². The number of carbonyl (C=O) groups is 1. The van der Waals surface area contributed by atoms with Crippen LogP contribution in [0.3, 0.4) is 0 Å². The fourth-order valence-electron chi connectivity index (χ4n) is 3.09. The summed E-state index contributed by atoms with van der Waals surface area (Å²) in [5.74, 6) is -0.565. The number of hydrogen-bond acceptors (Lipinski definition) is 2. The van der Waals surface area contributed by atoms with E-state index in [4.69, 9.17) is 4.74 Å². The zero-order valence-corrected chi connectivity index (χ0v) is 12.5. The average molecular weight is 322 g/mol. The van der Waals surface area contributed by atoms with Gasteiger partial charge < -0.3 is 4.74 Å². The molecule has 0 N–H and O–H groups in total. The van der Waals surface area contributed by atoms with Gasteiger partial charge in [-0.05, 0) is 54.7 Å². The lowest BCUT2D eigenvalue weighted by atomic mass is 9.87. The third-order valence-corrected chi connectivity index (χ3v) is 4.41. The van der Waals surface area contributed by atoms with Crippen molar-refractivity contribution < 1.29 is 22.7 Å². The maximum atomic E-state index is 12.7. The van der Waals surface area contributed by atoms with Crippen molar-refractivity contribution in [2.24, 2.45) is 5.92 Å². The summed E-state index contributed by atoms with van der Waals surface area (Å²) in [6.45, 7) is 0. The molecule has 1 fully saturated rings. The summed E-state index contributed by atoms with van der Waals surface area (Å²) in [6, 6.07) is 10.9. The molecular formula is C18H17F3O2. The molecule has 0 heterocycles. The summed E-state index contributed by atoms with van der Waals surface area (Å²) < 4.78 is 43.9. The predicted molar refractivity (Wildman–Crippen MR) is 81.8 cm³/mol. The molecule has 23 heavy (non-hydrogen) atoms. The fourth-order valence-corrected chi connectivity index (χ4v) is 3.09. The molecule has 0 radical (unpaired) electrons. The molecule has 0 aromatic heterocycles. The number of carbonyl (C=O) groups excluding carboxylic acids is 1. The molecule has 0 spiro atoms. The van der Waals surface area contributed by atoms with Crippen molar-refractivity contribution in [3.8, 4) is 5.75 Å². The highest BCUT2D eigenvalue weighted by molar-refractivity contribution is 5.89. The molecule has 5 heteroatoms. The van der Waals surface area contributed by atoms with Gasteiger partial charge in [-0.25, -0.2) is 0 Å². The summed E-state index contributed by atoms with van der Waals surface area (Å²) in [4.78, 5) is 10.8. The first-order valence-electron chi connectivity index (χ1n) is 7.68. The summed E-state index contributed by atoms with van der Waals surface area (Å²) in [6.07, 6.45) is -2.42. The molecule has 0 bridgehead atoms. The number of halogens is 3. The third kappa shape index (κ3) is 3.66. The Morgan fingerprint density at radius 2 is 1.65 bits per heavy atom. The molecule has 1 aliphatic carbocycles. The van der Waals surface area contributed by atoms with Gasteiger partial charge in [0.1, 0.15) is 12.0 Å². The minimum absolute atomic E-state index is 0.122. The van der Waals surface area contributed by atoms with Crippen molar-refractivity contribution in [3.05, 3.63) is 42.0 Å². The Hall–Kier alpha value is -2.04. The first-order valence-corrected chi connectivity index (χ1v) is 7.68. The zero-order chi connectivity index (χ0) is 16.4. The van der Waals surface area contributed by atoms with Crippen LogP contribution in [0.1, 0.15) is 36.0 Å². The van der Waals surface area contributed by atoms with Crippen LogP contribution in [0.15, 0.2) is 36.4 Å². The van der Waals surface area contributed by atoms with E-state index in [0.717, 1.165) is 17.1 Å². The molecule has 0 atom stereocenters. The standard InChI is InChI=1S/C18H17F3O2/c19-18(20,21)15-4-7-16(8-5-15)23-17-6-3-13-2-1-12(11-22)9-14(13)10-17/h1-3,6,9-11,15-16H,4-5,7-8H2/t15-,16+. The molecule has 2 aromatic carbocycles. The second kappa shape index (κ2) is 6.22. The smallest absolute Gasteiger partial charge is 0.391 e. The topological polar surface area (TPSA) is 26.3 Å². The maximum absolute atomic E-state index is 12.7. The largest absolute Gasteiger partial charge is 0.490 e. The van der Waals surface area contributed by atoms with Gasteiger partial charge in [0.2, 0.25) is 0 Å². The van der Waals surface area contributed by atoms with Gasteiger partial charge in [-0.2, -0.15) is 13.2 Å². The van der Waals surface area contributed by atoms with E-state index in [1.807, 2.05) is 24.3 Å². The molecule has 2 nitrogen and oxygen atoms in total. The molecule has 1 aliphatic rings. The van der Waals surface area contributed by atoms with Crippen LogP contribution in [0.2, 0.25) is 0 Å². The number of benzene rings is 2. The highest BCUT2D eigenvalue weighted by Crippen LogP contribution is 2.38. The molecular weight excluding hydrogens is 305 g/mol.